The van der Waals surface area contributed by atoms with Crippen LogP contribution in [0, 0.1) is 6.92 Å². The van der Waals surface area contributed by atoms with E-state index in [0.717, 1.165) is 27.4 Å². The lowest BCUT2D eigenvalue weighted by molar-refractivity contribution is -0.122. The Balaban J connectivity index is 1.69. The molecule has 0 unspecified atom stereocenters. The second-order valence-corrected chi connectivity index (χ2v) is 8.78. The molecule has 0 aliphatic carbocycles. The molecule has 1 heterocycles. The second kappa shape index (κ2) is 8.48. The van der Waals surface area contributed by atoms with Crippen molar-refractivity contribution in [3.05, 3.63) is 78.4 Å². The summed E-state index contributed by atoms with van der Waals surface area (Å²) in [5.41, 5.74) is 3.35. The predicted molar refractivity (Wildman–Crippen MR) is 113 cm³/mol. The van der Waals surface area contributed by atoms with Crippen LogP contribution in [0.4, 0.5) is 5.69 Å². The van der Waals surface area contributed by atoms with Crippen LogP contribution >= 0.6 is 0 Å². The van der Waals surface area contributed by atoms with E-state index in [1.165, 1.54) is 0 Å². The van der Waals surface area contributed by atoms with E-state index < -0.39 is 16.1 Å². The molecule has 1 atom stereocenters. The summed E-state index contributed by atoms with van der Waals surface area (Å²) in [6.07, 6.45) is 6.37. The Labute approximate surface area is 171 Å². The summed E-state index contributed by atoms with van der Waals surface area (Å²) in [4.78, 5) is 16.7. The molecule has 29 heavy (non-hydrogen) atoms. The van der Waals surface area contributed by atoms with Crippen LogP contribution < -0.4 is 9.62 Å². The smallest absolute Gasteiger partial charge is 0.243 e. The van der Waals surface area contributed by atoms with Crippen molar-refractivity contribution in [1.29, 1.82) is 0 Å². The molecule has 8 heteroatoms. The molecule has 1 amide bonds. The van der Waals surface area contributed by atoms with Gasteiger partial charge in [-0.1, -0.05) is 29.8 Å². The third-order valence-electron chi connectivity index (χ3n) is 4.58. The molecule has 3 aromatic rings. The lowest BCUT2D eigenvalue weighted by atomic mass is 10.2. The minimum atomic E-state index is -3.62. The topological polar surface area (TPSA) is 84.3 Å². The van der Waals surface area contributed by atoms with Crippen molar-refractivity contribution in [2.45, 2.75) is 26.4 Å². The second-order valence-electron chi connectivity index (χ2n) is 6.92. The standard InChI is InChI=1S/C21H24N4O3S/c1-16-4-8-20(9-5-16)25(29(3,27)28)17(2)21(26)23-14-18-6-10-19(11-7-18)24-13-12-22-15-24/h4-13,15,17H,14H2,1-3H3,(H,23,26)/t17-/m1/s1. The molecular formula is C21H24N4O3S. The first-order valence-corrected chi connectivity index (χ1v) is 11.0. The number of hydrogen-bond acceptors (Lipinski definition) is 4. The quantitative estimate of drug-likeness (QED) is 0.647. The number of imidazole rings is 1. The molecule has 3 rings (SSSR count). The maximum absolute atomic E-state index is 12.7. The lowest BCUT2D eigenvalue weighted by Crippen LogP contribution is -2.47. The van der Waals surface area contributed by atoms with E-state index in [-0.39, 0.29) is 5.91 Å². The predicted octanol–water partition coefficient (Wildman–Crippen LogP) is 2.65. The normalized spacial score (nSPS) is 12.4. The van der Waals surface area contributed by atoms with Gasteiger partial charge in [0.25, 0.3) is 0 Å². The molecule has 0 fully saturated rings. The molecule has 7 nitrogen and oxygen atoms in total. The van der Waals surface area contributed by atoms with Crippen molar-refractivity contribution < 1.29 is 13.2 Å². The van der Waals surface area contributed by atoms with E-state index >= 15 is 0 Å². The van der Waals surface area contributed by atoms with Crippen LogP contribution in [0.1, 0.15) is 18.1 Å². The third kappa shape index (κ3) is 5.03. The summed E-state index contributed by atoms with van der Waals surface area (Å²) in [5, 5.41) is 2.82. The van der Waals surface area contributed by atoms with Gasteiger partial charge in [0.1, 0.15) is 6.04 Å². The van der Waals surface area contributed by atoms with E-state index in [2.05, 4.69) is 10.3 Å². The zero-order chi connectivity index (χ0) is 21.0. The zero-order valence-corrected chi connectivity index (χ0v) is 17.4. The van der Waals surface area contributed by atoms with E-state index in [4.69, 9.17) is 0 Å². The van der Waals surface area contributed by atoms with E-state index in [1.54, 1.807) is 31.6 Å². The van der Waals surface area contributed by atoms with Crippen molar-refractivity contribution in [2.24, 2.45) is 0 Å². The largest absolute Gasteiger partial charge is 0.350 e. The fourth-order valence-electron chi connectivity index (χ4n) is 3.04. The van der Waals surface area contributed by atoms with E-state index in [9.17, 15) is 13.2 Å². The number of aromatic nitrogens is 2. The van der Waals surface area contributed by atoms with Gasteiger partial charge in [-0.25, -0.2) is 13.4 Å². The van der Waals surface area contributed by atoms with Gasteiger partial charge in [0.15, 0.2) is 0 Å². The van der Waals surface area contributed by atoms with Gasteiger partial charge in [-0.05, 0) is 43.7 Å². The van der Waals surface area contributed by atoms with Crippen LogP contribution in [-0.4, -0.2) is 36.2 Å². The first kappa shape index (κ1) is 20.6. The zero-order valence-electron chi connectivity index (χ0n) is 16.6. The first-order chi connectivity index (χ1) is 13.8. The Morgan fingerprint density at radius 3 is 2.34 bits per heavy atom. The average molecular weight is 413 g/mol. The van der Waals surface area contributed by atoms with Gasteiger partial charge in [-0.3, -0.25) is 9.10 Å². The Morgan fingerprint density at radius 1 is 1.14 bits per heavy atom. The number of rotatable bonds is 7. The minimum absolute atomic E-state index is 0.304. The van der Waals surface area contributed by atoms with Crippen molar-refractivity contribution in [3.63, 3.8) is 0 Å². The SMILES string of the molecule is Cc1ccc(N([C@H](C)C(=O)NCc2ccc(-n3ccnc3)cc2)S(C)(=O)=O)cc1. The number of benzene rings is 2. The molecule has 0 radical (unpaired) electrons. The van der Waals surface area contributed by atoms with Gasteiger partial charge in [-0.2, -0.15) is 0 Å². The first-order valence-electron chi connectivity index (χ1n) is 9.17. The number of carbonyl (C=O) groups excluding carboxylic acids is 1. The number of anilines is 1. The highest BCUT2D eigenvalue weighted by atomic mass is 32.2. The maximum Gasteiger partial charge on any atom is 0.243 e. The number of nitrogens with one attached hydrogen (secondary N) is 1. The fourth-order valence-corrected chi connectivity index (χ4v) is 4.21. The van der Waals surface area contributed by atoms with Crippen LogP contribution in [0.25, 0.3) is 5.69 Å². The molecular weight excluding hydrogens is 388 g/mol. The molecule has 152 valence electrons. The van der Waals surface area contributed by atoms with Gasteiger partial charge >= 0.3 is 0 Å². The van der Waals surface area contributed by atoms with Crippen LogP contribution in [0.15, 0.2) is 67.3 Å². The number of nitrogens with zero attached hydrogens (tertiary/aromatic N) is 3. The number of carbonyl (C=O) groups is 1. The van der Waals surface area contributed by atoms with Crippen molar-refractivity contribution in [1.82, 2.24) is 14.9 Å². The molecule has 0 bridgehead atoms. The molecule has 0 aliphatic rings. The molecule has 2 aromatic carbocycles. The van der Waals surface area contributed by atoms with Gasteiger partial charge in [0, 0.05) is 24.6 Å². The highest BCUT2D eigenvalue weighted by Gasteiger charge is 2.28. The number of amides is 1. The summed E-state index contributed by atoms with van der Waals surface area (Å²) in [6.45, 7) is 3.81. The van der Waals surface area contributed by atoms with Crippen molar-refractivity contribution in [3.8, 4) is 5.69 Å². The Hall–Kier alpha value is -3.13. The van der Waals surface area contributed by atoms with E-state index in [0.29, 0.717) is 12.2 Å². The summed E-state index contributed by atoms with van der Waals surface area (Å²) in [6, 6.07) is 13.9. The fraction of sp³-hybridized carbons (Fsp3) is 0.238. The molecule has 1 N–H and O–H groups in total. The number of sulfonamides is 1. The monoisotopic (exact) mass is 412 g/mol. The lowest BCUT2D eigenvalue weighted by Gasteiger charge is -2.28. The molecule has 0 spiro atoms. The summed E-state index contributed by atoms with van der Waals surface area (Å²) in [7, 11) is -3.62. The highest BCUT2D eigenvalue weighted by Crippen LogP contribution is 2.21. The third-order valence-corrected chi connectivity index (χ3v) is 5.82. The van der Waals surface area contributed by atoms with Crippen molar-refractivity contribution in [2.75, 3.05) is 10.6 Å². The Bertz CT molecular complexity index is 1060. The summed E-state index contributed by atoms with van der Waals surface area (Å²) >= 11 is 0. The van der Waals surface area contributed by atoms with Gasteiger partial charge in [0.2, 0.25) is 15.9 Å². The van der Waals surface area contributed by atoms with Crippen molar-refractivity contribution >= 4 is 21.6 Å². The molecule has 1 aromatic heterocycles. The molecule has 0 saturated carbocycles. The van der Waals surface area contributed by atoms with Gasteiger partial charge < -0.3 is 9.88 Å². The van der Waals surface area contributed by atoms with Gasteiger partial charge in [0.05, 0.1) is 18.3 Å². The minimum Gasteiger partial charge on any atom is -0.350 e. The van der Waals surface area contributed by atoms with Crippen LogP contribution in [-0.2, 0) is 21.4 Å². The van der Waals surface area contributed by atoms with Crippen LogP contribution in [0.3, 0.4) is 0 Å². The summed E-state index contributed by atoms with van der Waals surface area (Å²) < 4.78 is 27.7. The van der Waals surface area contributed by atoms with E-state index in [1.807, 2.05) is 54.1 Å². The number of hydrogen-bond donors (Lipinski definition) is 1. The molecule has 0 aliphatic heterocycles. The average Bonchev–Trinajstić information content (AvgIpc) is 3.22. The van der Waals surface area contributed by atoms with Crippen LogP contribution in [0.5, 0.6) is 0 Å². The summed E-state index contributed by atoms with van der Waals surface area (Å²) in [5.74, 6) is -0.366. The Kier molecular flexibility index (Phi) is 6.03. The highest BCUT2D eigenvalue weighted by molar-refractivity contribution is 7.92. The molecule has 0 saturated heterocycles. The number of aryl methyl sites for hydroxylation is 1. The maximum atomic E-state index is 12.7. The van der Waals surface area contributed by atoms with Gasteiger partial charge in [-0.15, -0.1) is 0 Å². The van der Waals surface area contributed by atoms with Crippen LogP contribution in [0.2, 0.25) is 0 Å². The Morgan fingerprint density at radius 2 is 1.79 bits per heavy atom.